The van der Waals surface area contributed by atoms with Crippen LogP contribution in [0.25, 0.3) is 0 Å². The topological polar surface area (TPSA) is 49.4 Å². The van der Waals surface area contributed by atoms with Gasteiger partial charge in [-0.15, -0.1) is 0 Å². The second-order valence-electron chi connectivity index (χ2n) is 9.22. The van der Waals surface area contributed by atoms with E-state index < -0.39 is 6.04 Å². The molecule has 178 valence electrons. The van der Waals surface area contributed by atoms with Crippen LogP contribution in [0.3, 0.4) is 0 Å². The number of hydrogen-bond donors (Lipinski definition) is 1. The van der Waals surface area contributed by atoms with Crippen molar-refractivity contribution in [1.82, 2.24) is 10.2 Å². The lowest BCUT2D eigenvalue weighted by atomic mass is 9.99. The summed E-state index contributed by atoms with van der Waals surface area (Å²) in [6.45, 7) is 6.79. The van der Waals surface area contributed by atoms with Gasteiger partial charge in [-0.25, -0.2) is 0 Å². The van der Waals surface area contributed by atoms with Gasteiger partial charge < -0.3 is 10.2 Å². The second-order valence-corrected chi connectivity index (χ2v) is 9.22. The summed E-state index contributed by atoms with van der Waals surface area (Å²) in [7, 11) is 1.63. The van der Waals surface area contributed by atoms with Gasteiger partial charge in [-0.05, 0) is 41.5 Å². The van der Waals surface area contributed by atoms with Gasteiger partial charge in [-0.2, -0.15) is 0 Å². The van der Waals surface area contributed by atoms with E-state index in [-0.39, 0.29) is 11.8 Å². The minimum absolute atomic E-state index is 0.0157. The van der Waals surface area contributed by atoms with Crippen LogP contribution in [0, 0.1) is 6.92 Å². The summed E-state index contributed by atoms with van der Waals surface area (Å²) in [6.07, 6.45) is 1.48. The predicted octanol–water partition coefficient (Wildman–Crippen LogP) is 5.44. The highest BCUT2D eigenvalue weighted by molar-refractivity contribution is 5.88. The second kappa shape index (κ2) is 12.2. The van der Waals surface area contributed by atoms with E-state index in [0.717, 1.165) is 16.7 Å². The molecule has 4 nitrogen and oxygen atoms in total. The fourth-order valence-electron chi connectivity index (χ4n) is 4.07. The molecule has 0 aliphatic rings. The summed E-state index contributed by atoms with van der Waals surface area (Å²) in [6, 6.07) is 25.9. The summed E-state index contributed by atoms with van der Waals surface area (Å²) in [5.41, 5.74) is 5.63. The van der Waals surface area contributed by atoms with Gasteiger partial charge in [-0.1, -0.05) is 98.3 Å². The first kappa shape index (κ1) is 25.2. The molecule has 3 aromatic carbocycles. The number of nitrogens with one attached hydrogen (secondary N) is 1. The number of hydrogen-bond acceptors (Lipinski definition) is 2. The van der Waals surface area contributed by atoms with Gasteiger partial charge in [0.15, 0.2) is 0 Å². The van der Waals surface area contributed by atoms with Crippen LogP contribution in [0.1, 0.15) is 54.0 Å². The molecule has 0 aliphatic carbocycles. The summed E-state index contributed by atoms with van der Waals surface area (Å²) in [5, 5.41) is 2.77. The van der Waals surface area contributed by atoms with Crippen molar-refractivity contribution in [2.24, 2.45) is 0 Å². The molecule has 3 aromatic rings. The molecular weight excluding hydrogens is 420 g/mol. The van der Waals surface area contributed by atoms with E-state index in [4.69, 9.17) is 0 Å². The van der Waals surface area contributed by atoms with Crippen molar-refractivity contribution in [2.75, 3.05) is 7.05 Å². The quantitative estimate of drug-likeness (QED) is 0.442. The molecule has 0 unspecified atom stereocenters. The molecular formula is C30H36N2O2. The number of aryl methyl sites for hydroxylation is 2. The molecule has 0 heterocycles. The number of carbonyl (C=O) groups is 2. The third-order valence-electron chi connectivity index (χ3n) is 6.26. The normalized spacial score (nSPS) is 11.8. The lowest BCUT2D eigenvalue weighted by Crippen LogP contribution is -2.49. The molecule has 0 radical (unpaired) electrons. The van der Waals surface area contributed by atoms with Gasteiger partial charge in [0.05, 0.1) is 0 Å². The molecule has 0 spiro atoms. The lowest BCUT2D eigenvalue weighted by Gasteiger charge is -2.31. The molecule has 2 amide bonds. The van der Waals surface area contributed by atoms with Crippen molar-refractivity contribution in [1.29, 1.82) is 0 Å². The Morgan fingerprint density at radius 3 is 2.03 bits per heavy atom. The van der Waals surface area contributed by atoms with Gasteiger partial charge in [0.2, 0.25) is 11.8 Å². The molecule has 0 saturated heterocycles. The van der Waals surface area contributed by atoms with E-state index in [0.29, 0.717) is 31.7 Å². The highest BCUT2D eigenvalue weighted by atomic mass is 16.2. The first-order valence-corrected chi connectivity index (χ1v) is 12.1. The summed E-state index contributed by atoms with van der Waals surface area (Å²) >= 11 is 0. The van der Waals surface area contributed by atoms with Gasteiger partial charge in [0.1, 0.15) is 6.04 Å². The monoisotopic (exact) mass is 456 g/mol. The zero-order chi connectivity index (χ0) is 24.5. The Balaban J connectivity index is 1.83. The molecule has 34 heavy (non-hydrogen) atoms. The summed E-state index contributed by atoms with van der Waals surface area (Å²) in [5.74, 6) is 0.315. The Hall–Kier alpha value is -3.40. The van der Waals surface area contributed by atoms with Gasteiger partial charge in [0.25, 0.3) is 0 Å². The molecule has 0 bridgehead atoms. The Bertz CT molecular complexity index is 1060. The standard InChI is InChI=1S/C30H36N2O2/c1-22(2)27-17-14-24(15-18-27)16-19-29(33)32(21-26-12-10-23(3)11-13-26)28(30(34)31-4)20-25-8-6-5-7-9-25/h5-15,17-18,22,28H,16,19-21H2,1-4H3,(H,31,34)/t28-/m0/s1. The van der Waals surface area contributed by atoms with Gasteiger partial charge in [-0.3, -0.25) is 9.59 Å². The maximum atomic E-state index is 13.6. The third-order valence-corrected chi connectivity index (χ3v) is 6.26. The highest BCUT2D eigenvalue weighted by Gasteiger charge is 2.29. The first-order chi connectivity index (χ1) is 16.4. The number of rotatable bonds is 10. The fourth-order valence-corrected chi connectivity index (χ4v) is 4.07. The van der Waals surface area contributed by atoms with E-state index in [9.17, 15) is 9.59 Å². The Kier molecular flexibility index (Phi) is 9.03. The highest BCUT2D eigenvalue weighted by Crippen LogP contribution is 2.19. The molecule has 3 rings (SSSR count). The van der Waals surface area contributed by atoms with E-state index >= 15 is 0 Å². The third kappa shape index (κ3) is 7.05. The first-order valence-electron chi connectivity index (χ1n) is 12.1. The van der Waals surface area contributed by atoms with Crippen LogP contribution < -0.4 is 5.32 Å². The zero-order valence-electron chi connectivity index (χ0n) is 20.8. The Labute approximate surface area is 204 Å². The molecule has 4 heteroatoms. The van der Waals surface area contributed by atoms with Crippen molar-refractivity contribution in [3.63, 3.8) is 0 Å². The number of likely N-dealkylation sites (N-methyl/N-ethyl adjacent to an activating group) is 1. The largest absolute Gasteiger partial charge is 0.357 e. The molecule has 0 fully saturated rings. The van der Waals surface area contributed by atoms with Crippen LogP contribution in [0.5, 0.6) is 0 Å². The number of amides is 2. The molecule has 1 N–H and O–H groups in total. The number of benzene rings is 3. The van der Waals surface area contributed by atoms with Crippen molar-refractivity contribution in [2.45, 2.75) is 58.5 Å². The van der Waals surface area contributed by atoms with E-state index in [1.54, 1.807) is 11.9 Å². The molecule has 1 atom stereocenters. The predicted molar refractivity (Wildman–Crippen MR) is 139 cm³/mol. The van der Waals surface area contributed by atoms with Crippen LogP contribution in [-0.4, -0.2) is 29.8 Å². The van der Waals surface area contributed by atoms with E-state index in [2.05, 4.69) is 43.4 Å². The van der Waals surface area contributed by atoms with Crippen molar-refractivity contribution in [3.8, 4) is 0 Å². The number of carbonyl (C=O) groups excluding carboxylic acids is 2. The average molecular weight is 457 g/mol. The van der Waals surface area contributed by atoms with Crippen LogP contribution >= 0.6 is 0 Å². The number of nitrogens with zero attached hydrogens (tertiary/aromatic N) is 1. The van der Waals surface area contributed by atoms with E-state index in [1.807, 2.05) is 61.5 Å². The average Bonchev–Trinajstić information content (AvgIpc) is 2.86. The minimum atomic E-state index is -0.579. The minimum Gasteiger partial charge on any atom is -0.357 e. The van der Waals surface area contributed by atoms with Gasteiger partial charge in [0, 0.05) is 26.4 Å². The Morgan fingerprint density at radius 1 is 0.824 bits per heavy atom. The molecule has 0 aromatic heterocycles. The van der Waals surface area contributed by atoms with E-state index in [1.165, 1.54) is 11.1 Å². The smallest absolute Gasteiger partial charge is 0.242 e. The van der Waals surface area contributed by atoms with Gasteiger partial charge >= 0.3 is 0 Å². The van der Waals surface area contributed by atoms with Crippen molar-refractivity contribution < 1.29 is 9.59 Å². The molecule has 0 aliphatic heterocycles. The van der Waals surface area contributed by atoms with Crippen LogP contribution in [0.4, 0.5) is 0 Å². The zero-order valence-corrected chi connectivity index (χ0v) is 20.8. The summed E-state index contributed by atoms with van der Waals surface area (Å²) < 4.78 is 0. The fraction of sp³-hybridized carbons (Fsp3) is 0.333. The van der Waals surface area contributed by atoms with Crippen molar-refractivity contribution in [3.05, 3.63) is 107 Å². The maximum Gasteiger partial charge on any atom is 0.242 e. The van der Waals surface area contributed by atoms with Crippen LogP contribution in [-0.2, 0) is 29.0 Å². The van der Waals surface area contributed by atoms with Crippen molar-refractivity contribution >= 4 is 11.8 Å². The lowest BCUT2D eigenvalue weighted by molar-refractivity contribution is -0.141. The molecule has 0 saturated carbocycles. The summed E-state index contributed by atoms with van der Waals surface area (Å²) in [4.78, 5) is 28.3. The maximum absolute atomic E-state index is 13.6. The van der Waals surface area contributed by atoms with Crippen LogP contribution in [0.2, 0.25) is 0 Å². The Morgan fingerprint density at radius 2 is 1.44 bits per heavy atom. The SMILES string of the molecule is CNC(=O)[C@H](Cc1ccccc1)N(Cc1ccc(C)cc1)C(=O)CCc1ccc(C(C)C)cc1. The van der Waals surface area contributed by atoms with Crippen LogP contribution in [0.15, 0.2) is 78.9 Å².